The predicted octanol–water partition coefficient (Wildman–Crippen LogP) is 4.47. The van der Waals surface area contributed by atoms with Crippen LogP contribution in [0.4, 0.5) is 30.7 Å². The third-order valence-corrected chi connectivity index (χ3v) is 7.00. The van der Waals surface area contributed by atoms with Crippen LogP contribution in [-0.2, 0) is 33.3 Å². The molecule has 13 heteroatoms. The summed E-state index contributed by atoms with van der Waals surface area (Å²) in [5.41, 5.74) is 2.33. The number of nitrogens with two attached hydrogens (primary N) is 1. The lowest BCUT2D eigenvalue weighted by Crippen LogP contribution is -2.51. The van der Waals surface area contributed by atoms with Crippen LogP contribution in [-0.4, -0.2) is 46.7 Å². The van der Waals surface area contributed by atoms with E-state index in [0.29, 0.717) is 30.5 Å². The van der Waals surface area contributed by atoms with E-state index in [1.165, 1.54) is 21.9 Å². The molecule has 1 saturated heterocycles. The van der Waals surface area contributed by atoms with E-state index in [4.69, 9.17) is 5.73 Å². The van der Waals surface area contributed by atoms with Crippen molar-refractivity contribution in [1.82, 2.24) is 9.80 Å². The predicted molar refractivity (Wildman–Crippen MR) is 123 cm³/mol. The SMILES string of the molecule is NC(=O)C(=O)N1CC[C@H](C(=O)N(Cc2cc(C(F)(F)F)cc(C(F)(F)F)c2)C2CC2)[C@H](c2ccc(F)cc2)C1. The summed E-state index contributed by atoms with van der Waals surface area (Å²) in [7, 11) is 0. The number of benzene rings is 2. The molecule has 210 valence electrons. The molecule has 4 rings (SSSR count). The van der Waals surface area contributed by atoms with Crippen LogP contribution in [0.15, 0.2) is 42.5 Å². The lowest BCUT2D eigenvalue weighted by atomic mass is 9.79. The highest BCUT2D eigenvalue weighted by Gasteiger charge is 2.43. The van der Waals surface area contributed by atoms with Gasteiger partial charge in [-0.15, -0.1) is 0 Å². The first-order valence-electron chi connectivity index (χ1n) is 12.1. The molecular formula is C26H24F7N3O3. The van der Waals surface area contributed by atoms with Crippen molar-refractivity contribution < 1.29 is 45.1 Å². The Morgan fingerprint density at radius 3 is 1.95 bits per heavy atom. The molecule has 0 radical (unpaired) electrons. The summed E-state index contributed by atoms with van der Waals surface area (Å²) in [5, 5.41) is 0. The van der Waals surface area contributed by atoms with Crippen LogP contribution in [0.1, 0.15) is 47.4 Å². The number of piperidine rings is 1. The van der Waals surface area contributed by atoms with Crippen LogP contribution < -0.4 is 5.73 Å². The molecule has 2 fully saturated rings. The molecule has 0 unspecified atom stereocenters. The van der Waals surface area contributed by atoms with Gasteiger partial charge in [0.1, 0.15) is 5.82 Å². The first-order chi connectivity index (χ1) is 18.1. The lowest BCUT2D eigenvalue weighted by Gasteiger charge is -2.40. The van der Waals surface area contributed by atoms with Crippen molar-refractivity contribution in [2.24, 2.45) is 11.7 Å². The van der Waals surface area contributed by atoms with Gasteiger partial charge in [0, 0.05) is 37.5 Å². The Labute approximate surface area is 218 Å². The van der Waals surface area contributed by atoms with Crippen LogP contribution in [0.5, 0.6) is 0 Å². The number of nitrogens with zero attached hydrogens (tertiary/aromatic N) is 2. The molecule has 0 aromatic heterocycles. The van der Waals surface area contributed by atoms with Gasteiger partial charge >= 0.3 is 24.2 Å². The Kier molecular flexibility index (Phi) is 7.63. The van der Waals surface area contributed by atoms with E-state index in [9.17, 15) is 45.1 Å². The maximum atomic E-state index is 13.8. The van der Waals surface area contributed by atoms with Gasteiger partial charge in [-0.25, -0.2) is 4.39 Å². The highest BCUT2D eigenvalue weighted by molar-refractivity contribution is 6.34. The van der Waals surface area contributed by atoms with Gasteiger partial charge in [-0.1, -0.05) is 12.1 Å². The molecule has 0 bridgehead atoms. The summed E-state index contributed by atoms with van der Waals surface area (Å²) >= 11 is 0. The van der Waals surface area contributed by atoms with Gasteiger partial charge in [-0.05, 0) is 60.7 Å². The summed E-state index contributed by atoms with van der Waals surface area (Å²) in [6, 6.07) is 6.01. The molecule has 1 aliphatic carbocycles. The van der Waals surface area contributed by atoms with Gasteiger partial charge in [-0.3, -0.25) is 14.4 Å². The molecule has 2 N–H and O–H groups in total. The van der Waals surface area contributed by atoms with E-state index in [0.717, 1.165) is 12.1 Å². The van der Waals surface area contributed by atoms with Crippen molar-refractivity contribution in [1.29, 1.82) is 0 Å². The molecule has 1 heterocycles. The molecule has 1 saturated carbocycles. The van der Waals surface area contributed by atoms with E-state index >= 15 is 0 Å². The van der Waals surface area contributed by atoms with Crippen LogP contribution in [0.2, 0.25) is 0 Å². The Bertz CT molecular complexity index is 1220. The zero-order valence-electron chi connectivity index (χ0n) is 20.4. The monoisotopic (exact) mass is 559 g/mol. The van der Waals surface area contributed by atoms with Crippen molar-refractivity contribution in [3.05, 3.63) is 70.5 Å². The van der Waals surface area contributed by atoms with Gasteiger partial charge in [0.15, 0.2) is 0 Å². The Balaban J connectivity index is 1.67. The molecule has 0 spiro atoms. The third-order valence-electron chi connectivity index (χ3n) is 7.00. The lowest BCUT2D eigenvalue weighted by molar-refractivity contribution is -0.147. The normalized spacial score (nSPS) is 20.0. The second-order valence-electron chi connectivity index (χ2n) is 9.78. The minimum atomic E-state index is -5.03. The Hall–Kier alpha value is -3.64. The van der Waals surface area contributed by atoms with Gasteiger partial charge < -0.3 is 15.5 Å². The number of hydrogen-bond donors (Lipinski definition) is 1. The summed E-state index contributed by atoms with van der Waals surface area (Å²) in [4.78, 5) is 40.0. The molecule has 6 nitrogen and oxygen atoms in total. The van der Waals surface area contributed by atoms with Gasteiger partial charge in [0.25, 0.3) is 0 Å². The third kappa shape index (κ3) is 6.51. The average Bonchev–Trinajstić information content (AvgIpc) is 3.70. The number of alkyl halides is 6. The van der Waals surface area contributed by atoms with Gasteiger partial charge in [0.2, 0.25) is 5.91 Å². The Morgan fingerprint density at radius 1 is 0.897 bits per heavy atom. The number of rotatable bonds is 5. The van der Waals surface area contributed by atoms with E-state index in [2.05, 4.69) is 0 Å². The molecule has 39 heavy (non-hydrogen) atoms. The first kappa shape index (κ1) is 28.4. The number of hydrogen-bond acceptors (Lipinski definition) is 3. The topological polar surface area (TPSA) is 83.7 Å². The quantitative estimate of drug-likeness (QED) is 0.434. The highest BCUT2D eigenvalue weighted by Crippen LogP contribution is 2.40. The minimum absolute atomic E-state index is 0.0177. The van der Waals surface area contributed by atoms with Crippen LogP contribution in [0.25, 0.3) is 0 Å². The minimum Gasteiger partial charge on any atom is -0.361 e. The fourth-order valence-corrected chi connectivity index (χ4v) is 4.93. The van der Waals surface area contributed by atoms with Crippen LogP contribution in [0, 0.1) is 11.7 Å². The molecule has 2 aromatic rings. The van der Waals surface area contributed by atoms with Crippen molar-refractivity contribution in [3.63, 3.8) is 0 Å². The number of likely N-dealkylation sites (tertiary alicyclic amines) is 1. The zero-order valence-corrected chi connectivity index (χ0v) is 20.4. The highest BCUT2D eigenvalue weighted by atomic mass is 19.4. The maximum Gasteiger partial charge on any atom is 0.416 e. The number of carbonyl (C=O) groups excluding carboxylic acids is 3. The molecular weight excluding hydrogens is 535 g/mol. The number of primary amides is 1. The molecule has 3 amide bonds. The summed E-state index contributed by atoms with van der Waals surface area (Å²) < 4.78 is 93.9. The van der Waals surface area contributed by atoms with Crippen molar-refractivity contribution >= 4 is 17.7 Å². The second-order valence-corrected chi connectivity index (χ2v) is 9.78. The number of carbonyl (C=O) groups is 3. The van der Waals surface area contributed by atoms with E-state index in [1.54, 1.807) is 0 Å². The van der Waals surface area contributed by atoms with Crippen molar-refractivity contribution in [2.45, 2.75) is 50.1 Å². The standard InChI is InChI=1S/C26H24F7N3O3/c27-18-3-1-15(2-4-18)21-13-35(24(39)22(34)37)8-7-20(21)23(38)36(19-5-6-19)12-14-9-16(25(28,29)30)11-17(10-14)26(31,32)33/h1-4,9-11,19-21H,5-8,12-13H2,(H2,34,37)/t20-,21-/m0/s1. The van der Waals surface area contributed by atoms with E-state index < -0.39 is 65.4 Å². The fraction of sp³-hybridized carbons (Fsp3) is 0.423. The molecule has 1 aliphatic heterocycles. The number of halogens is 7. The molecule has 2 aromatic carbocycles. The van der Waals surface area contributed by atoms with Gasteiger partial charge in [-0.2, -0.15) is 26.3 Å². The molecule has 2 atom stereocenters. The van der Waals surface area contributed by atoms with E-state index in [1.807, 2.05) is 0 Å². The molecule has 2 aliphatic rings. The first-order valence-corrected chi connectivity index (χ1v) is 12.1. The zero-order chi connectivity index (χ0) is 28.7. The Morgan fingerprint density at radius 2 is 1.46 bits per heavy atom. The van der Waals surface area contributed by atoms with Crippen molar-refractivity contribution in [2.75, 3.05) is 13.1 Å². The average molecular weight is 559 g/mol. The largest absolute Gasteiger partial charge is 0.416 e. The van der Waals surface area contributed by atoms with Gasteiger partial charge in [0.05, 0.1) is 11.1 Å². The van der Waals surface area contributed by atoms with Crippen LogP contribution in [0.3, 0.4) is 0 Å². The summed E-state index contributed by atoms with van der Waals surface area (Å²) in [6.45, 7) is -0.604. The summed E-state index contributed by atoms with van der Waals surface area (Å²) in [6.07, 6.45) is -8.95. The van der Waals surface area contributed by atoms with Crippen molar-refractivity contribution in [3.8, 4) is 0 Å². The van der Waals surface area contributed by atoms with E-state index in [-0.39, 0.29) is 37.2 Å². The second kappa shape index (κ2) is 10.5. The van der Waals surface area contributed by atoms with Crippen LogP contribution >= 0.6 is 0 Å². The smallest absolute Gasteiger partial charge is 0.361 e. The maximum absolute atomic E-state index is 13.8. The summed E-state index contributed by atoms with van der Waals surface area (Å²) in [5.74, 6) is -4.77. The fourth-order valence-electron chi connectivity index (χ4n) is 4.93. The number of amides is 3.